The Morgan fingerprint density at radius 3 is 1.83 bits per heavy atom. The average molecular weight is 345 g/mol. The smallest absolute Gasteiger partial charge is 0.192 e. The van der Waals surface area contributed by atoms with E-state index in [4.69, 9.17) is 15.6 Å². The molecule has 0 aliphatic rings. The lowest BCUT2D eigenvalue weighted by molar-refractivity contribution is -0.0692. The molecule has 0 saturated heterocycles. The van der Waals surface area contributed by atoms with Crippen molar-refractivity contribution in [3.8, 4) is 12.3 Å². The molecular formula is C18H36O4Si. The summed E-state index contributed by atoms with van der Waals surface area (Å²) in [5.41, 5.74) is 0. The van der Waals surface area contributed by atoms with Gasteiger partial charge in [-0.3, -0.25) is 0 Å². The van der Waals surface area contributed by atoms with E-state index in [1.54, 1.807) is 6.92 Å². The largest absolute Gasteiger partial charge is 0.413 e. The number of hydrogen-bond acceptors (Lipinski definition) is 4. The highest BCUT2D eigenvalue weighted by Crippen LogP contribution is 2.40. The minimum Gasteiger partial charge on any atom is -0.413 e. The van der Waals surface area contributed by atoms with Crippen molar-refractivity contribution in [1.82, 2.24) is 0 Å². The maximum Gasteiger partial charge on any atom is 0.192 e. The molecule has 0 fully saturated rings. The molecule has 0 aromatic carbocycles. The van der Waals surface area contributed by atoms with Crippen molar-refractivity contribution < 1.29 is 19.4 Å². The summed E-state index contributed by atoms with van der Waals surface area (Å²) in [5, 5.41) is 20.7. The van der Waals surface area contributed by atoms with Crippen LogP contribution >= 0.6 is 0 Å². The molecule has 0 rings (SSSR count). The average Bonchev–Trinajstić information content (AvgIpc) is 2.43. The van der Waals surface area contributed by atoms with Gasteiger partial charge in [0.15, 0.2) is 8.32 Å². The SMILES string of the molecule is C#C[C@H](OC)[C@H](O)[C@@H](C)[C@@H](O[Si](C)(C)C(C)(C)C)[C@H](C)[C@@H](C)O. The summed E-state index contributed by atoms with van der Waals surface area (Å²) in [5.74, 6) is 2.09. The van der Waals surface area contributed by atoms with Crippen molar-refractivity contribution in [2.75, 3.05) is 7.11 Å². The van der Waals surface area contributed by atoms with Gasteiger partial charge in [-0.25, -0.2) is 0 Å². The van der Waals surface area contributed by atoms with Gasteiger partial charge in [-0.2, -0.15) is 0 Å². The first kappa shape index (κ1) is 22.6. The molecule has 0 unspecified atom stereocenters. The van der Waals surface area contributed by atoms with E-state index in [0.717, 1.165) is 0 Å². The summed E-state index contributed by atoms with van der Waals surface area (Å²) in [6, 6.07) is 0. The topological polar surface area (TPSA) is 58.9 Å². The lowest BCUT2D eigenvalue weighted by Gasteiger charge is -2.44. The molecule has 0 aliphatic carbocycles. The Labute approximate surface area is 143 Å². The zero-order valence-electron chi connectivity index (χ0n) is 16.3. The number of aliphatic hydroxyl groups is 2. The third kappa shape index (κ3) is 5.88. The Kier molecular flexibility index (Phi) is 8.49. The summed E-state index contributed by atoms with van der Waals surface area (Å²) in [6.07, 6.45) is 3.08. The molecule has 6 atom stereocenters. The fourth-order valence-electron chi connectivity index (χ4n) is 2.26. The minimum atomic E-state index is -2.06. The summed E-state index contributed by atoms with van der Waals surface area (Å²) in [6.45, 7) is 16.5. The van der Waals surface area contributed by atoms with Gasteiger partial charge in [-0.05, 0) is 25.1 Å². The molecule has 0 aromatic heterocycles. The molecule has 0 aromatic rings. The van der Waals surface area contributed by atoms with Crippen LogP contribution < -0.4 is 0 Å². The monoisotopic (exact) mass is 344 g/mol. The highest BCUT2D eigenvalue weighted by Gasteiger charge is 2.44. The van der Waals surface area contributed by atoms with Crippen molar-refractivity contribution in [2.45, 2.75) is 84.1 Å². The number of hydrogen-bond donors (Lipinski definition) is 2. The molecule has 0 heterocycles. The highest BCUT2D eigenvalue weighted by atomic mass is 28.4. The van der Waals surface area contributed by atoms with Gasteiger partial charge in [0.25, 0.3) is 0 Å². The number of terminal acetylenes is 1. The molecular weight excluding hydrogens is 308 g/mol. The quantitative estimate of drug-likeness (QED) is 0.525. The predicted octanol–water partition coefficient (Wildman–Crippen LogP) is 3.04. The zero-order valence-corrected chi connectivity index (χ0v) is 17.3. The van der Waals surface area contributed by atoms with E-state index in [0.29, 0.717) is 0 Å². The van der Waals surface area contributed by atoms with Gasteiger partial charge in [0.1, 0.15) is 6.10 Å². The summed E-state index contributed by atoms with van der Waals surface area (Å²) < 4.78 is 11.7. The van der Waals surface area contributed by atoms with Crippen LogP contribution in [0.15, 0.2) is 0 Å². The van der Waals surface area contributed by atoms with Crippen molar-refractivity contribution in [2.24, 2.45) is 11.8 Å². The lowest BCUT2D eigenvalue weighted by atomic mass is 9.85. The van der Waals surface area contributed by atoms with Crippen LogP contribution in [0.1, 0.15) is 41.5 Å². The molecule has 0 saturated carbocycles. The summed E-state index contributed by atoms with van der Waals surface area (Å²) >= 11 is 0. The Morgan fingerprint density at radius 2 is 1.52 bits per heavy atom. The maximum atomic E-state index is 10.6. The van der Waals surface area contributed by atoms with E-state index in [1.165, 1.54) is 7.11 Å². The number of aliphatic hydroxyl groups excluding tert-OH is 2. The van der Waals surface area contributed by atoms with E-state index >= 15 is 0 Å². The van der Waals surface area contributed by atoms with Gasteiger partial charge in [-0.15, -0.1) is 6.42 Å². The molecule has 5 heteroatoms. The van der Waals surface area contributed by atoms with Crippen LogP contribution in [0.3, 0.4) is 0 Å². The second kappa shape index (κ2) is 8.64. The van der Waals surface area contributed by atoms with E-state index in [9.17, 15) is 10.2 Å². The van der Waals surface area contributed by atoms with E-state index in [-0.39, 0.29) is 23.0 Å². The normalized spacial score (nSPS) is 21.0. The van der Waals surface area contributed by atoms with Crippen LogP contribution in [0.25, 0.3) is 0 Å². The second-order valence-electron chi connectivity index (χ2n) is 8.12. The second-order valence-corrected chi connectivity index (χ2v) is 12.9. The zero-order chi connectivity index (χ0) is 18.6. The number of rotatable bonds is 8. The van der Waals surface area contributed by atoms with Gasteiger partial charge in [-0.1, -0.05) is 40.5 Å². The Bertz CT molecular complexity index is 395. The van der Waals surface area contributed by atoms with E-state index < -0.39 is 26.6 Å². The molecule has 23 heavy (non-hydrogen) atoms. The first-order valence-electron chi connectivity index (χ1n) is 8.33. The molecule has 0 aliphatic heterocycles. The summed E-state index contributed by atoms with van der Waals surface area (Å²) in [4.78, 5) is 0. The van der Waals surface area contributed by atoms with Crippen LogP contribution in [0, 0.1) is 24.2 Å². The first-order valence-corrected chi connectivity index (χ1v) is 11.2. The van der Waals surface area contributed by atoms with Crippen molar-refractivity contribution in [1.29, 1.82) is 0 Å². The predicted molar refractivity (Wildman–Crippen MR) is 97.7 cm³/mol. The molecule has 4 nitrogen and oxygen atoms in total. The van der Waals surface area contributed by atoms with Gasteiger partial charge >= 0.3 is 0 Å². The molecule has 0 spiro atoms. The molecule has 0 bridgehead atoms. The molecule has 2 N–H and O–H groups in total. The van der Waals surface area contributed by atoms with Gasteiger partial charge in [0.2, 0.25) is 0 Å². The number of methoxy groups -OCH3 is 1. The number of ether oxygens (including phenoxy) is 1. The fourth-order valence-corrected chi connectivity index (χ4v) is 3.72. The van der Waals surface area contributed by atoms with E-state index in [2.05, 4.69) is 39.8 Å². The Balaban J connectivity index is 5.52. The molecule has 0 amide bonds. The first-order chi connectivity index (χ1) is 10.3. The van der Waals surface area contributed by atoms with Crippen molar-refractivity contribution >= 4 is 8.32 Å². The van der Waals surface area contributed by atoms with Gasteiger partial charge in [0, 0.05) is 18.9 Å². The van der Waals surface area contributed by atoms with Crippen molar-refractivity contribution in [3.05, 3.63) is 0 Å². The van der Waals surface area contributed by atoms with E-state index in [1.807, 2.05) is 13.8 Å². The van der Waals surface area contributed by atoms with Gasteiger partial charge in [0.05, 0.1) is 18.3 Å². The maximum absolute atomic E-state index is 10.6. The minimum absolute atomic E-state index is 0.0428. The third-order valence-electron chi connectivity index (χ3n) is 5.30. The van der Waals surface area contributed by atoms with Gasteiger partial charge < -0.3 is 19.4 Å². The Hall–Kier alpha value is -0.383. The molecule has 0 radical (unpaired) electrons. The lowest BCUT2D eigenvalue weighted by Crippen LogP contribution is -2.52. The van der Waals surface area contributed by atoms with Crippen molar-refractivity contribution in [3.63, 3.8) is 0 Å². The van der Waals surface area contributed by atoms with Crippen LogP contribution in [0.2, 0.25) is 18.1 Å². The van der Waals surface area contributed by atoms with Crippen LogP contribution in [0.5, 0.6) is 0 Å². The van der Waals surface area contributed by atoms with Crippen LogP contribution in [-0.2, 0) is 9.16 Å². The fraction of sp³-hybridized carbons (Fsp3) is 0.889. The Morgan fingerprint density at radius 1 is 1.04 bits per heavy atom. The van der Waals surface area contributed by atoms with Crippen LogP contribution in [-0.4, -0.2) is 50.1 Å². The third-order valence-corrected chi connectivity index (χ3v) is 9.78. The molecule has 136 valence electrons. The summed E-state index contributed by atoms with van der Waals surface area (Å²) in [7, 11) is -0.567. The highest BCUT2D eigenvalue weighted by molar-refractivity contribution is 6.74. The van der Waals surface area contributed by atoms with Crippen LogP contribution in [0.4, 0.5) is 0 Å². The standard InChI is InChI=1S/C18H36O4Si/c1-11-15(21-8)16(20)13(3)17(12(2)14(4)19)22-23(9,10)18(5,6)7/h1,12-17,19-20H,2-10H3/t12-,13-,14-,15+,16-,17+/m1/s1.